The maximum absolute atomic E-state index is 13.3. The third-order valence-electron chi connectivity index (χ3n) is 7.43. The second-order valence-electron chi connectivity index (χ2n) is 11.5. The second kappa shape index (κ2) is 7.87. The van der Waals surface area contributed by atoms with E-state index in [4.69, 9.17) is 14.0 Å². The van der Waals surface area contributed by atoms with Crippen molar-refractivity contribution in [2.75, 3.05) is 0 Å². The molecule has 3 fully saturated rings. The summed E-state index contributed by atoms with van der Waals surface area (Å²) in [5.41, 5.74) is 0.323. The van der Waals surface area contributed by atoms with Crippen LogP contribution >= 0.6 is 0 Å². The van der Waals surface area contributed by atoms with Crippen molar-refractivity contribution in [2.24, 2.45) is 5.92 Å². The smallest absolute Gasteiger partial charge is 0.444 e. The van der Waals surface area contributed by atoms with E-state index >= 15 is 0 Å². The van der Waals surface area contributed by atoms with Crippen LogP contribution in [-0.2, 0) is 14.0 Å². The Hall–Kier alpha value is -1.86. The van der Waals surface area contributed by atoms with E-state index in [0.29, 0.717) is 18.4 Å². The SMILES string of the molecule is CC(C)(C)OC(=O)N1C2CCC1CC(C(=O)c1ccc(B3OC(C)(C)C(C)(C)O3)cc1)C2. The fraction of sp³-hybridized carbons (Fsp3) is 0.680. The minimum Gasteiger partial charge on any atom is -0.444 e. The van der Waals surface area contributed by atoms with Crippen molar-refractivity contribution in [2.45, 2.75) is 103 Å². The summed E-state index contributed by atoms with van der Waals surface area (Å²) in [6.45, 7) is 13.8. The quantitative estimate of drug-likeness (QED) is 0.516. The van der Waals surface area contributed by atoms with Crippen LogP contribution in [0.1, 0.15) is 84.5 Å². The number of carbonyl (C=O) groups excluding carboxylic acids is 2. The topological polar surface area (TPSA) is 65.1 Å². The maximum atomic E-state index is 13.3. The fourth-order valence-electron chi connectivity index (χ4n) is 5.02. The van der Waals surface area contributed by atoms with Crippen molar-refractivity contribution < 1.29 is 23.6 Å². The third-order valence-corrected chi connectivity index (χ3v) is 7.43. The molecule has 7 heteroatoms. The highest BCUT2D eigenvalue weighted by atomic mass is 16.7. The van der Waals surface area contributed by atoms with Crippen LogP contribution in [0.5, 0.6) is 0 Å². The molecule has 2 atom stereocenters. The number of carbonyl (C=O) groups is 2. The van der Waals surface area contributed by atoms with E-state index in [1.165, 1.54) is 0 Å². The predicted octanol–water partition coefficient (Wildman–Crippen LogP) is 4.35. The number of benzene rings is 1. The Morgan fingerprint density at radius 2 is 1.47 bits per heavy atom. The zero-order chi connectivity index (χ0) is 23.5. The molecule has 6 nitrogen and oxygen atoms in total. The van der Waals surface area contributed by atoms with Gasteiger partial charge in [-0.25, -0.2) is 4.79 Å². The van der Waals surface area contributed by atoms with Crippen molar-refractivity contribution in [3.63, 3.8) is 0 Å². The van der Waals surface area contributed by atoms with Gasteiger partial charge in [-0.15, -0.1) is 0 Å². The highest BCUT2D eigenvalue weighted by molar-refractivity contribution is 6.62. The minimum absolute atomic E-state index is 0.0612. The molecule has 0 N–H and O–H groups in total. The first kappa shape index (κ1) is 23.3. The maximum Gasteiger partial charge on any atom is 0.494 e. The number of rotatable bonds is 3. The zero-order valence-electron chi connectivity index (χ0n) is 20.4. The normalized spacial score (nSPS) is 28.7. The lowest BCUT2D eigenvalue weighted by Gasteiger charge is -2.39. The molecule has 1 aromatic carbocycles. The number of piperidine rings is 1. The Kier molecular flexibility index (Phi) is 5.74. The molecule has 1 amide bonds. The molecule has 3 aliphatic heterocycles. The molecule has 0 spiro atoms. The van der Waals surface area contributed by atoms with E-state index in [1.807, 2.05) is 77.6 Å². The summed E-state index contributed by atoms with van der Waals surface area (Å²) in [7, 11) is -0.433. The number of amides is 1. The fourth-order valence-corrected chi connectivity index (χ4v) is 5.02. The van der Waals surface area contributed by atoms with E-state index in [1.54, 1.807) is 0 Å². The Bertz CT molecular complexity index is 859. The van der Waals surface area contributed by atoms with Crippen LogP contribution in [0.3, 0.4) is 0 Å². The average Bonchev–Trinajstić information content (AvgIpc) is 3.07. The molecule has 0 aromatic heterocycles. The van der Waals surface area contributed by atoms with E-state index in [9.17, 15) is 9.59 Å². The zero-order valence-corrected chi connectivity index (χ0v) is 20.4. The lowest BCUT2D eigenvalue weighted by Crippen LogP contribution is -2.49. The molecule has 0 saturated carbocycles. The molecule has 3 saturated heterocycles. The van der Waals surface area contributed by atoms with Crippen molar-refractivity contribution in [3.8, 4) is 0 Å². The van der Waals surface area contributed by atoms with Gasteiger partial charge < -0.3 is 18.9 Å². The lowest BCUT2D eigenvalue weighted by molar-refractivity contribution is 0.00254. The molecule has 2 bridgehead atoms. The number of ketones is 1. The van der Waals surface area contributed by atoms with E-state index in [2.05, 4.69) is 0 Å². The summed E-state index contributed by atoms with van der Waals surface area (Å²) < 4.78 is 17.8. The summed E-state index contributed by atoms with van der Waals surface area (Å²) in [6.07, 6.45) is 3.03. The van der Waals surface area contributed by atoms with E-state index < -0.39 is 23.9 Å². The number of fused-ring (bicyclic) bond motifs is 2. The largest absolute Gasteiger partial charge is 0.494 e. The predicted molar refractivity (Wildman–Crippen MR) is 124 cm³/mol. The van der Waals surface area contributed by atoms with Crippen molar-refractivity contribution in [1.82, 2.24) is 4.90 Å². The standard InChI is InChI=1S/C25H36BNO5/c1-23(2,3)30-22(29)27-19-12-13-20(27)15-17(14-19)21(28)16-8-10-18(11-9-16)26-31-24(4,5)25(6,7)32-26/h8-11,17,19-20H,12-15H2,1-7H3. The number of nitrogens with zero attached hydrogens (tertiary/aromatic N) is 1. The molecule has 1 aromatic rings. The number of ether oxygens (including phenoxy) is 1. The average molecular weight is 441 g/mol. The van der Waals surface area contributed by atoms with Gasteiger partial charge in [0.25, 0.3) is 0 Å². The van der Waals surface area contributed by atoms with Gasteiger partial charge in [-0.3, -0.25) is 4.79 Å². The lowest BCUT2D eigenvalue weighted by atomic mass is 9.78. The second-order valence-corrected chi connectivity index (χ2v) is 11.5. The van der Waals surface area contributed by atoms with Crippen LogP contribution in [-0.4, -0.2) is 52.8 Å². The Morgan fingerprint density at radius 1 is 0.969 bits per heavy atom. The molecule has 2 unspecified atom stereocenters. The monoisotopic (exact) mass is 441 g/mol. The summed E-state index contributed by atoms with van der Waals surface area (Å²) in [5.74, 6) is 0.0973. The first-order valence-corrected chi connectivity index (χ1v) is 11.8. The summed E-state index contributed by atoms with van der Waals surface area (Å²) in [4.78, 5) is 27.8. The summed E-state index contributed by atoms with van der Waals surface area (Å²) in [6, 6.07) is 7.79. The summed E-state index contributed by atoms with van der Waals surface area (Å²) >= 11 is 0. The third kappa shape index (κ3) is 4.34. The molecular weight excluding hydrogens is 405 g/mol. The molecule has 4 rings (SSSR count). The highest BCUT2D eigenvalue weighted by Crippen LogP contribution is 2.41. The molecular formula is C25H36BNO5. The van der Waals surface area contributed by atoms with Crippen LogP contribution in [0.25, 0.3) is 0 Å². The van der Waals surface area contributed by atoms with Gasteiger partial charge in [0.15, 0.2) is 5.78 Å². The Balaban J connectivity index is 1.41. The van der Waals surface area contributed by atoms with Crippen LogP contribution in [0.4, 0.5) is 4.79 Å². The molecule has 0 aliphatic carbocycles. The van der Waals surface area contributed by atoms with Crippen LogP contribution in [0.2, 0.25) is 0 Å². The van der Waals surface area contributed by atoms with Gasteiger partial charge in [-0.1, -0.05) is 24.3 Å². The van der Waals surface area contributed by atoms with Crippen molar-refractivity contribution in [1.29, 1.82) is 0 Å². The number of Topliss-reactive ketones (excluding diaryl/α,β-unsaturated/α-hetero) is 1. The van der Waals surface area contributed by atoms with Gasteiger partial charge >= 0.3 is 13.2 Å². The minimum atomic E-state index is -0.512. The van der Waals surface area contributed by atoms with E-state index in [0.717, 1.165) is 18.3 Å². The van der Waals surface area contributed by atoms with Crippen molar-refractivity contribution >= 4 is 24.5 Å². The molecule has 32 heavy (non-hydrogen) atoms. The van der Waals surface area contributed by atoms with Crippen molar-refractivity contribution in [3.05, 3.63) is 29.8 Å². The highest BCUT2D eigenvalue weighted by Gasteiger charge is 2.52. The van der Waals surface area contributed by atoms with Gasteiger partial charge in [0.05, 0.1) is 11.2 Å². The molecule has 3 aliphatic rings. The van der Waals surface area contributed by atoms with Crippen LogP contribution in [0, 0.1) is 5.92 Å². The Morgan fingerprint density at radius 3 is 1.94 bits per heavy atom. The van der Waals surface area contributed by atoms with Gasteiger partial charge in [-0.2, -0.15) is 0 Å². The van der Waals surface area contributed by atoms with Crippen LogP contribution in [0.15, 0.2) is 24.3 Å². The summed E-state index contributed by atoms with van der Waals surface area (Å²) in [5, 5.41) is 0. The molecule has 3 heterocycles. The van der Waals surface area contributed by atoms with E-state index in [-0.39, 0.29) is 29.9 Å². The van der Waals surface area contributed by atoms with Crippen LogP contribution < -0.4 is 5.46 Å². The van der Waals surface area contributed by atoms with Gasteiger partial charge in [0, 0.05) is 23.6 Å². The molecule has 0 radical (unpaired) electrons. The number of hydrogen-bond donors (Lipinski definition) is 0. The van der Waals surface area contributed by atoms with Gasteiger partial charge in [0.1, 0.15) is 5.60 Å². The first-order chi connectivity index (χ1) is 14.8. The van der Waals surface area contributed by atoms with Gasteiger partial charge in [0.2, 0.25) is 0 Å². The number of hydrogen-bond acceptors (Lipinski definition) is 5. The first-order valence-electron chi connectivity index (χ1n) is 11.8. The Labute approximate surface area is 192 Å². The molecule has 174 valence electrons. The van der Waals surface area contributed by atoms with Gasteiger partial charge in [-0.05, 0) is 79.6 Å².